The molecule has 1 fully saturated rings. The van der Waals surface area contributed by atoms with Crippen LogP contribution in [-0.2, 0) is 14.8 Å². The zero-order chi connectivity index (χ0) is 13.5. The molecule has 1 aliphatic rings. The van der Waals surface area contributed by atoms with Crippen LogP contribution in [0.5, 0.6) is 0 Å². The van der Waals surface area contributed by atoms with Crippen LogP contribution >= 0.6 is 0 Å². The first kappa shape index (κ1) is 12.8. The van der Waals surface area contributed by atoms with E-state index >= 15 is 0 Å². The lowest BCUT2D eigenvalue weighted by Gasteiger charge is -2.19. The van der Waals surface area contributed by atoms with Crippen molar-refractivity contribution in [2.24, 2.45) is 5.14 Å². The predicted octanol–water partition coefficient (Wildman–Crippen LogP) is -0.0290. The van der Waals surface area contributed by atoms with Crippen LogP contribution in [0, 0.1) is 6.92 Å². The van der Waals surface area contributed by atoms with Gasteiger partial charge in [0.2, 0.25) is 15.9 Å². The highest BCUT2D eigenvalue weighted by molar-refractivity contribution is 7.89. The number of amides is 1. The molecule has 4 N–H and O–H groups in total. The predicted molar refractivity (Wildman–Crippen MR) is 69.5 cm³/mol. The lowest BCUT2D eigenvalue weighted by Crippen LogP contribution is -2.32. The van der Waals surface area contributed by atoms with E-state index in [2.05, 4.69) is 0 Å². The van der Waals surface area contributed by atoms with E-state index in [0.29, 0.717) is 11.4 Å². The first-order valence-electron chi connectivity index (χ1n) is 5.47. The van der Waals surface area contributed by atoms with Crippen LogP contribution in [0.1, 0.15) is 12.0 Å². The number of anilines is 2. The first-order valence-corrected chi connectivity index (χ1v) is 7.08. The van der Waals surface area contributed by atoms with Gasteiger partial charge in [0.05, 0.1) is 0 Å². The number of benzene rings is 1. The summed E-state index contributed by atoms with van der Waals surface area (Å²) >= 11 is 0. The van der Waals surface area contributed by atoms with E-state index in [4.69, 9.17) is 10.9 Å². The van der Waals surface area contributed by atoms with E-state index in [1.165, 1.54) is 4.90 Å². The minimum absolute atomic E-state index is 0.0763. The third kappa shape index (κ3) is 2.32. The number of nitrogens with two attached hydrogens (primary N) is 2. The molecule has 0 radical (unpaired) electrons. The Morgan fingerprint density at radius 2 is 2.06 bits per heavy atom. The number of primary sulfonamides is 1. The van der Waals surface area contributed by atoms with Crippen molar-refractivity contribution in [3.05, 3.63) is 23.8 Å². The Labute approximate surface area is 106 Å². The molecule has 98 valence electrons. The monoisotopic (exact) mass is 269 g/mol. The Morgan fingerprint density at radius 3 is 2.61 bits per heavy atom. The molecule has 1 heterocycles. The zero-order valence-corrected chi connectivity index (χ0v) is 10.8. The molecule has 1 aromatic carbocycles. The third-order valence-electron chi connectivity index (χ3n) is 3.08. The van der Waals surface area contributed by atoms with Gasteiger partial charge in [-0.2, -0.15) is 0 Å². The van der Waals surface area contributed by atoms with Gasteiger partial charge in [-0.25, -0.2) is 13.6 Å². The average molecular weight is 269 g/mol. The van der Waals surface area contributed by atoms with Crippen molar-refractivity contribution in [1.29, 1.82) is 0 Å². The summed E-state index contributed by atoms with van der Waals surface area (Å²) in [6, 6.07) is 5.19. The Bertz CT molecular complexity index is 598. The smallest absolute Gasteiger partial charge is 0.228 e. The lowest BCUT2D eigenvalue weighted by atomic mass is 10.1. The van der Waals surface area contributed by atoms with Crippen LogP contribution in [0.4, 0.5) is 11.4 Å². The van der Waals surface area contributed by atoms with Crippen molar-refractivity contribution in [1.82, 2.24) is 0 Å². The largest absolute Gasteiger partial charge is 0.399 e. The zero-order valence-electron chi connectivity index (χ0n) is 9.96. The second-order valence-electron chi connectivity index (χ2n) is 4.47. The number of rotatable bonds is 2. The number of aryl methyl sites for hydroxylation is 1. The van der Waals surface area contributed by atoms with Gasteiger partial charge >= 0.3 is 0 Å². The number of hydrogen-bond acceptors (Lipinski definition) is 4. The average Bonchev–Trinajstić information content (AvgIpc) is 2.64. The molecule has 1 aliphatic heterocycles. The summed E-state index contributed by atoms with van der Waals surface area (Å²) in [6.07, 6.45) is -0.0763. The molecule has 0 spiro atoms. The molecule has 6 nitrogen and oxygen atoms in total. The minimum atomic E-state index is -3.69. The van der Waals surface area contributed by atoms with E-state index in [1.54, 1.807) is 18.2 Å². The maximum atomic E-state index is 11.9. The summed E-state index contributed by atoms with van der Waals surface area (Å²) in [5.41, 5.74) is 7.72. The van der Waals surface area contributed by atoms with E-state index < -0.39 is 15.3 Å². The van der Waals surface area contributed by atoms with Crippen LogP contribution in [0.15, 0.2) is 18.2 Å². The van der Waals surface area contributed by atoms with Crippen LogP contribution in [0.25, 0.3) is 0 Å². The highest BCUT2D eigenvalue weighted by atomic mass is 32.2. The molecule has 0 aliphatic carbocycles. The molecule has 0 saturated carbocycles. The van der Waals surface area contributed by atoms with Gasteiger partial charge < -0.3 is 10.6 Å². The molecule has 1 atom stereocenters. The van der Waals surface area contributed by atoms with Crippen molar-refractivity contribution in [3.8, 4) is 0 Å². The topological polar surface area (TPSA) is 106 Å². The summed E-state index contributed by atoms with van der Waals surface area (Å²) < 4.78 is 22.6. The normalized spacial score (nSPS) is 20.4. The number of carbonyl (C=O) groups excluding carboxylic acids is 1. The van der Waals surface area contributed by atoms with Crippen molar-refractivity contribution >= 4 is 27.3 Å². The van der Waals surface area contributed by atoms with Gasteiger partial charge in [-0.05, 0) is 24.6 Å². The van der Waals surface area contributed by atoms with Crippen molar-refractivity contribution in [2.75, 3.05) is 17.2 Å². The van der Waals surface area contributed by atoms with Crippen LogP contribution in [0.3, 0.4) is 0 Å². The van der Waals surface area contributed by atoms with E-state index in [0.717, 1.165) is 5.56 Å². The van der Waals surface area contributed by atoms with Gasteiger partial charge in [0.25, 0.3) is 0 Å². The fourth-order valence-electron chi connectivity index (χ4n) is 2.04. The van der Waals surface area contributed by atoms with Gasteiger partial charge in [0, 0.05) is 24.3 Å². The molecule has 0 bridgehead atoms. The molecular weight excluding hydrogens is 254 g/mol. The highest BCUT2D eigenvalue weighted by Crippen LogP contribution is 2.28. The van der Waals surface area contributed by atoms with Gasteiger partial charge in [0.15, 0.2) is 0 Å². The molecule has 1 aromatic rings. The number of nitrogen functional groups attached to an aromatic ring is 1. The van der Waals surface area contributed by atoms with Gasteiger partial charge in [0.1, 0.15) is 5.25 Å². The minimum Gasteiger partial charge on any atom is -0.399 e. The molecule has 18 heavy (non-hydrogen) atoms. The van der Waals surface area contributed by atoms with Crippen molar-refractivity contribution < 1.29 is 13.2 Å². The number of hydrogen-bond donors (Lipinski definition) is 2. The van der Waals surface area contributed by atoms with Gasteiger partial charge in [-0.3, -0.25) is 4.79 Å². The van der Waals surface area contributed by atoms with Crippen LogP contribution in [-0.4, -0.2) is 26.1 Å². The Hall–Kier alpha value is -1.60. The fourth-order valence-corrected chi connectivity index (χ4v) is 2.78. The summed E-state index contributed by atoms with van der Waals surface area (Å²) in [7, 11) is -3.69. The molecule has 2 rings (SSSR count). The fraction of sp³-hybridized carbons (Fsp3) is 0.364. The summed E-state index contributed by atoms with van der Waals surface area (Å²) in [5, 5.41) is 4.24. The Kier molecular flexibility index (Phi) is 3.04. The SMILES string of the molecule is Cc1ccc(N)cc1N1CC(S(N)(=O)=O)CC1=O. The van der Waals surface area contributed by atoms with Crippen molar-refractivity contribution in [2.45, 2.75) is 18.6 Å². The van der Waals surface area contributed by atoms with Gasteiger partial charge in [-0.15, -0.1) is 0 Å². The summed E-state index contributed by atoms with van der Waals surface area (Å²) in [4.78, 5) is 13.3. The Morgan fingerprint density at radius 1 is 1.39 bits per heavy atom. The third-order valence-corrected chi connectivity index (χ3v) is 4.32. The van der Waals surface area contributed by atoms with Crippen LogP contribution in [0.2, 0.25) is 0 Å². The van der Waals surface area contributed by atoms with Crippen LogP contribution < -0.4 is 15.8 Å². The number of carbonyl (C=O) groups is 1. The maximum Gasteiger partial charge on any atom is 0.228 e. The molecule has 1 saturated heterocycles. The first-order chi connectivity index (χ1) is 8.29. The molecule has 7 heteroatoms. The molecular formula is C11H15N3O3S. The second kappa shape index (κ2) is 4.25. The standard InChI is InChI=1S/C11H15N3O3S/c1-7-2-3-8(12)4-10(7)14-6-9(5-11(14)15)18(13,16)17/h2-4,9H,5-6,12H2,1H3,(H2,13,16,17). The maximum absolute atomic E-state index is 11.9. The highest BCUT2D eigenvalue weighted by Gasteiger charge is 2.37. The van der Waals surface area contributed by atoms with Crippen molar-refractivity contribution in [3.63, 3.8) is 0 Å². The Balaban J connectivity index is 2.35. The quantitative estimate of drug-likeness (QED) is 0.735. The van der Waals surface area contributed by atoms with E-state index in [9.17, 15) is 13.2 Å². The summed E-state index contributed by atoms with van der Waals surface area (Å²) in [5.74, 6) is -0.247. The second-order valence-corrected chi connectivity index (χ2v) is 6.31. The van der Waals surface area contributed by atoms with E-state index in [-0.39, 0.29) is 18.9 Å². The number of nitrogens with zero attached hydrogens (tertiary/aromatic N) is 1. The molecule has 1 unspecified atom stereocenters. The van der Waals surface area contributed by atoms with E-state index in [1.807, 2.05) is 6.92 Å². The van der Waals surface area contributed by atoms with Gasteiger partial charge in [-0.1, -0.05) is 6.07 Å². The lowest BCUT2D eigenvalue weighted by molar-refractivity contribution is -0.117. The molecule has 1 amide bonds. The summed E-state index contributed by atoms with van der Waals surface area (Å²) in [6.45, 7) is 1.92. The molecule has 0 aromatic heterocycles. The number of sulfonamides is 1.